The molecule has 1 N–H and O–H groups in total. The lowest BCUT2D eigenvalue weighted by Gasteiger charge is -2.29. The Morgan fingerprint density at radius 3 is 2.22 bits per heavy atom. The molecule has 0 unspecified atom stereocenters. The molecule has 2 aromatic rings. The third-order valence-electron chi connectivity index (χ3n) is 4.66. The second-order valence-electron chi connectivity index (χ2n) is 8.23. The van der Waals surface area contributed by atoms with Crippen molar-refractivity contribution in [1.82, 2.24) is 15.1 Å². The van der Waals surface area contributed by atoms with Crippen LogP contribution in [-0.2, 0) is 9.47 Å². The van der Waals surface area contributed by atoms with E-state index in [0.717, 1.165) is 5.57 Å². The van der Waals surface area contributed by atoms with E-state index in [4.69, 9.17) is 4.74 Å². The van der Waals surface area contributed by atoms with E-state index in [1.54, 1.807) is 17.0 Å². The quantitative estimate of drug-likeness (QED) is 0.727. The summed E-state index contributed by atoms with van der Waals surface area (Å²) in [5, 5.41) is 11.0. The molecule has 0 fully saturated rings. The van der Waals surface area contributed by atoms with Crippen LogP contribution in [0.1, 0.15) is 53.6 Å². The number of rotatable bonds is 4. The lowest BCUT2D eigenvalue weighted by molar-refractivity contribution is 0.0270. The van der Waals surface area contributed by atoms with E-state index < -0.39 is 11.6 Å². The first-order valence-electron chi connectivity index (χ1n) is 10.2. The highest BCUT2D eigenvalue weighted by atomic mass is 16.6. The number of carbonyl (C=O) groups excluding carboxylic acids is 3. The average Bonchev–Trinajstić information content (AvgIpc) is 2.78. The molecular weight excluding hydrogens is 412 g/mol. The summed E-state index contributed by atoms with van der Waals surface area (Å²) in [6.45, 7) is 6.48. The number of ether oxygens (including phenoxy) is 2. The van der Waals surface area contributed by atoms with Crippen LogP contribution in [0, 0.1) is 0 Å². The smallest absolute Gasteiger partial charge is 0.410 e. The zero-order chi connectivity index (χ0) is 23.3. The van der Waals surface area contributed by atoms with Gasteiger partial charge in [-0.3, -0.25) is 4.79 Å². The molecule has 1 aliphatic rings. The van der Waals surface area contributed by atoms with Crippen molar-refractivity contribution in [3.8, 4) is 0 Å². The topological polar surface area (TPSA) is 111 Å². The Kier molecular flexibility index (Phi) is 6.87. The van der Waals surface area contributed by atoms with Crippen molar-refractivity contribution in [3.05, 3.63) is 59.3 Å². The first kappa shape index (κ1) is 22.9. The van der Waals surface area contributed by atoms with Crippen molar-refractivity contribution in [1.29, 1.82) is 0 Å². The summed E-state index contributed by atoms with van der Waals surface area (Å²) in [6.07, 6.45) is 2.22. The summed E-state index contributed by atoms with van der Waals surface area (Å²) < 4.78 is 10.0. The van der Waals surface area contributed by atoms with Crippen LogP contribution < -0.4 is 5.32 Å². The van der Waals surface area contributed by atoms with Gasteiger partial charge in [0.05, 0.1) is 18.4 Å². The fourth-order valence-corrected chi connectivity index (χ4v) is 3.03. The predicted octanol–water partition coefficient (Wildman–Crippen LogP) is 3.54. The maximum Gasteiger partial charge on any atom is 0.410 e. The number of anilines is 1. The Labute approximate surface area is 186 Å². The Bertz CT molecular complexity index is 1020. The third kappa shape index (κ3) is 5.90. The van der Waals surface area contributed by atoms with Crippen molar-refractivity contribution in [3.63, 3.8) is 0 Å². The van der Waals surface area contributed by atoms with Gasteiger partial charge in [0.15, 0.2) is 5.82 Å². The molecule has 9 heteroatoms. The van der Waals surface area contributed by atoms with Crippen molar-refractivity contribution < 1.29 is 23.9 Å². The molecule has 168 valence electrons. The highest BCUT2D eigenvalue weighted by Gasteiger charge is 2.24. The minimum Gasteiger partial charge on any atom is -0.465 e. The lowest BCUT2D eigenvalue weighted by Crippen LogP contribution is -2.39. The van der Waals surface area contributed by atoms with Crippen LogP contribution in [0.2, 0.25) is 0 Å². The minimum atomic E-state index is -0.532. The van der Waals surface area contributed by atoms with Gasteiger partial charge in [-0.25, -0.2) is 9.59 Å². The van der Waals surface area contributed by atoms with Crippen LogP contribution in [0.3, 0.4) is 0 Å². The highest BCUT2D eigenvalue weighted by Crippen LogP contribution is 2.22. The largest absolute Gasteiger partial charge is 0.465 e. The van der Waals surface area contributed by atoms with Crippen LogP contribution in [0.5, 0.6) is 0 Å². The molecule has 3 rings (SSSR count). The number of methoxy groups -OCH3 is 1. The van der Waals surface area contributed by atoms with E-state index in [2.05, 4.69) is 20.3 Å². The van der Waals surface area contributed by atoms with Gasteiger partial charge >= 0.3 is 12.1 Å². The SMILES string of the molecule is COC(=O)c1ccc(C(=O)Nc2ccc(C3=CCN(C(=O)OC(C)(C)C)CC3)nn2)cc1. The maximum atomic E-state index is 12.4. The zero-order valence-corrected chi connectivity index (χ0v) is 18.5. The van der Waals surface area contributed by atoms with Gasteiger partial charge < -0.3 is 19.7 Å². The Morgan fingerprint density at radius 1 is 1.00 bits per heavy atom. The van der Waals surface area contributed by atoms with E-state index in [0.29, 0.717) is 42.1 Å². The Morgan fingerprint density at radius 2 is 1.69 bits per heavy atom. The Balaban J connectivity index is 1.59. The van der Waals surface area contributed by atoms with Crippen LogP contribution in [-0.4, -0.2) is 58.9 Å². The molecule has 0 saturated carbocycles. The molecule has 2 heterocycles. The molecular formula is C23H26N4O5. The molecule has 32 heavy (non-hydrogen) atoms. The van der Waals surface area contributed by atoms with Crippen LogP contribution in [0.4, 0.5) is 10.6 Å². The second kappa shape index (κ2) is 9.59. The summed E-state index contributed by atoms with van der Waals surface area (Å²) in [5.41, 5.74) is 1.87. The van der Waals surface area contributed by atoms with Gasteiger partial charge in [0.1, 0.15) is 5.60 Å². The molecule has 0 aliphatic carbocycles. The summed E-state index contributed by atoms with van der Waals surface area (Å²) >= 11 is 0. The molecule has 0 radical (unpaired) electrons. The number of hydrogen-bond acceptors (Lipinski definition) is 7. The van der Waals surface area contributed by atoms with Gasteiger partial charge in [-0.05, 0) is 69.2 Å². The van der Waals surface area contributed by atoms with Gasteiger partial charge in [0, 0.05) is 18.7 Å². The molecule has 0 atom stereocenters. The van der Waals surface area contributed by atoms with Gasteiger partial charge in [-0.1, -0.05) is 6.08 Å². The van der Waals surface area contributed by atoms with Crippen molar-refractivity contribution in [2.24, 2.45) is 0 Å². The number of esters is 1. The number of amides is 2. The number of nitrogens with one attached hydrogen (secondary N) is 1. The summed E-state index contributed by atoms with van der Waals surface area (Å²) in [6, 6.07) is 9.55. The second-order valence-corrected chi connectivity index (χ2v) is 8.23. The molecule has 1 aromatic heterocycles. The fraction of sp³-hybridized carbons (Fsp3) is 0.348. The number of nitrogens with zero attached hydrogens (tertiary/aromatic N) is 3. The summed E-state index contributed by atoms with van der Waals surface area (Å²) in [7, 11) is 1.30. The monoisotopic (exact) mass is 438 g/mol. The minimum absolute atomic E-state index is 0.308. The number of aromatic nitrogens is 2. The van der Waals surface area contributed by atoms with Crippen molar-refractivity contribution in [2.75, 3.05) is 25.5 Å². The maximum absolute atomic E-state index is 12.4. The summed E-state index contributed by atoms with van der Waals surface area (Å²) in [4.78, 5) is 37.7. The Hall–Kier alpha value is -3.75. The van der Waals surface area contributed by atoms with E-state index in [-0.39, 0.29) is 12.0 Å². The zero-order valence-electron chi connectivity index (χ0n) is 18.5. The van der Waals surface area contributed by atoms with Crippen LogP contribution in [0.25, 0.3) is 5.57 Å². The summed E-state index contributed by atoms with van der Waals surface area (Å²) in [5.74, 6) is -0.527. The molecule has 9 nitrogen and oxygen atoms in total. The standard InChI is InChI=1S/C23H26N4O5/c1-23(2,3)32-22(30)27-13-11-15(12-14-27)18-9-10-19(26-25-18)24-20(28)16-5-7-17(8-6-16)21(29)31-4/h5-11H,12-14H2,1-4H3,(H,24,26,28). The average molecular weight is 438 g/mol. The number of hydrogen-bond donors (Lipinski definition) is 1. The predicted molar refractivity (Wildman–Crippen MR) is 118 cm³/mol. The normalized spacial score (nSPS) is 13.8. The number of benzene rings is 1. The van der Waals surface area contributed by atoms with Crippen LogP contribution in [0.15, 0.2) is 42.5 Å². The number of carbonyl (C=O) groups is 3. The third-order valence-corrected chi connectivity index (χ3v) is 4.66. The first-order valence-corrected chi connectivity index (χ1v) is 10.2. The highest BCUT2D eigenvalue weighted by molar-refractivity contribution is 6.04. The van der Waals surface area contributed by atoms with E-state index in [1.807, 2.05) is 26.8 Å². The van der Waals surface area contributed by atoms with Crippen molar-refractivity contribution in [2.45, 2.75) is 32.8 Å². The van der Waals surface area contributed by atoms with Gasteiger partial charge in [0.2, 0.25) is 0 Å². The molecule has 0 saturated heterocycles. The van der Waals surface area contributed by atoms with Crippen LogP contribution >= 0.6 is 0 Å². The van der Waals surface area contributed by atoms with Crippen molar-refractivity contribution >= 4 is 29.4 Å². The molecule has 2 amide bonds. The van der Waals surface area contributed by atoms with Gasteiger partial charge in [-0.2, -0.15) is 0 Å². The van der Waals surface area contributed by atoms with Gasteiger partial charge in [0.25, 0.3) is 5.91 Å². The van der Waals surface area contributed by atoms with E-state index >= 15 is 0 Å². The molecule has 1 aromatic carbocycles. The molecule has 0 spiro atoms. The molecule has 1 aliphatic heterocycles. The first-order chi connectivity index (χ1) is 15.2. The molecule has 0 bridgehead atoms. The van der Waals surface area contributed by atoms with E-state index in [1.165, 1.54) is 31.4 Å². The lowest BCUT2D eigenvalue weighted by atomic mass is 10.0. The van der Waals surface area contributed by atoms with Gasteiger partial charge in [-0.15, -0.1) is 10.2 Å². The fourth-order valence-electron chi connectivity index (χ4n) is 3.03. The van der Waals surface area contributed by atoms with E-state index in [9.17, 15) is 14.4 Å².